The van der Waals surface area contributed by atoms with Gasteiger partial charge in [0, 0.05) is 25.2 Å². The van der Waals surface area contributed by atoms with E-state index in [1.807, 2.05) is 18.2 Å². The van der Waals surface area contributed by atoms with Gasteiger partial charge in [-0.2, -0.15) is 0 Å². The number of nitrogens with zero attached hydrogens (tertiary/aromatic N) is 2. The lowest BCUT2D eigenvalue weighted by molar-refractivity contribution is 0.0694. The maximum absolute atomic E-state index is 6.08. The number of nitrogens with one attached hydrogen (secondary N) is 2. The Morgan fingerprint density at radius 1 is 1.33 bits per heavy atom. The Morgan fingerprint density at radius 3 is 2.93 bits per heavy atom. The summed E-state index contributed by atoms with van der Waals surface area (Å²) in [6.45, 7) is 5.19. The Kier molecular flexibility index (Phi) is 6.06. The summed E-state index contributed by atoms with van der Waals surface area (Å²) in [7, 11) is 1.75. The summed E-state index contributed by atoms with van der Waals surface area (Å²) in [5.74, 6) is 2.06. The number of benzene rings is 1. The van der Waals surface area contributed by atoms with Gasteiger partial charge in [-0.25, -0.2) is 4.98 Å². The Labute approximate surface area is 165 Å². The van der Waals surface area contributed by atoms with E-state index in [-0.39, 0.29) is 11.6 Å². The molecule has 1 unspecified atom stereocenters. The first kappa shape index (κ1) is 19.3. The molecule has 1 aliphatic heterocycles. The van der Waals surface area contributed by atoms with Crippen molar-refractivity contribution < 1.29 is 9.47 Å². The molecular formula is C20H25ClN4O2. The van der Waals surface area contributed by atoms with Gasteiger partial charge in [0.05, 0.1) is 12.6 Å². The summed E-state index contributed by atoms with van der Waals surface area (Å²) >= 11 is 6.04. The first-order valence-corrected chi connectivity index (χ1v) is 9.35. The number of aromatic nitrogens is 1. The number of hydrogen-bond acceptors (Lipinski definition) is 4. The first-order valence-electron chi connectivity index (χ1n) is 8.97. The zero-order valence-electron chi connectivity index (χ0n) is 15.8. The number of guanidine groups is 1. The molecule has 0 spiro atoms. The minimum atomic E-state index is -0.246. The molecule has 2 aromatic rings. The standard InChI is InChI=1S/C20H25ClN4O2/c1-20(2)13-16(14-7-4-5-9-17(14)27-20)25-19(22-3)24-11-12-26-18-15(21)8-6-10-23-18/h4-10,16H,11-13H2,1-3H3,(H2,22,24,25). The molecule has 144 valence electrons. The molecule has 27 heavy (non-hydrogen) atoms. The second-order valence-corrected chi connectivity index (χ2v) is 7.35. The average Bonchev–Trinajstić information content (AvgIpc) is 2.64. The van der Waals surface area contributed by atoms with E-state index in [1.165, 1.54) is 0 Å². The first-order chi connectivity index (χ1) is 13.0. The number of ether oxygens (including phenoxy) is 2. The number of rotatable bonds is 5. The van der Waals surface area contributed by atoms with Crippen molar-refractivity contribution in [2.45, 2.75) is 31.9 Å². The number of fused-ring (bicyclic) bond motifs is 1. The second kappa shape index (κ2) is 8.48. The van der Waals surface area contributed by atoms with E-state index < -0.39 is 0 Å². The van der Waals surface area contributed by atoms with E-state index in [1.54, 1.807) is 25.4 Å². The molecule has 0 radical (unpaired) electrons. The fourth-order valence-electron chi connectivity index (χ4n) is 3.09. The number of pyridine rings is 1. The molecule has 1 aromatic heterocycles. The summed E-state index contributed by atoms with van der Waals surface area (Å²) < 4.78 is 11.7. The van der Waals surface area contributed by atoms with Crippen LogP contribution in [0.4, 0.5) is 0 Å². The van der Waals surface area contributed by atoms with Crippen LogP contribution in [0, 0.1) is 0 Å². The lowest BCUT2D eigenvalue weighted by Gasteiger charge is -2.38. The SMILES string of the molecule is CN=C(NCCOc1ncccc1Cl)NC1CC(C)(C)Oc2ccccc21. The molecular weight excluding hydrogens is 364 g/mol. The van der Waals surface area contributed by atoms with Gasteiger partial charge in [0.15, 0.2) is 5.96 Å². The van der Waals surface area contributed by atoms with Gasteiger partial charge in [0.25, 0.3) is 0 Å². The minimum absolute atomic E-state index is 0.113. The van der Waals surface area contributed by atoms with Crippen molar-refractivity contribution in [3.8, 4) is 11.6 Å². The topological polar surface area (TPSA) is 67.8 Å². The summed E-state index contributed by atoms with van der Waals surface area (Å²) in [5.41, 5.74) is 0.889. The van der Waals surface area contributed by atoms with Crippen molar-refractivity contribution in [1.82, 2.24) is 15.6 Å². The van der Waals surface area contributed by atoms with Gasteiger partial charge in [0.2, 0.25) is 5.88 Å². The van der Waals surface area contributed by atoms with Crippen LogP contribution in [0.25, 0.3) is 0 Å². The van der Waals surface area contributed by atoms with E-state index in [9.17, 15) is 0 Å². The van der Waals surface area contributed by atoms with Crippen LogP contribution in [-0.4, -0.2) is 36.7 Å². The highest BCUT2D eigenvalue weighted by Crippen LogP contribution is 2.39. The number of para-hydroxylation sites is 1. The van der Waals surface area contributed by atoms with Gasteiger partial charge < -0.3 is 20.1 Å². The number of halogens is 1. The number of hydrogen-bond donors (Lipinski definition) is 2. The van der Waals surface area contributed by atoms with Crippen LogP contribution >= 0.6 is 11.6 Å². The maximum Gasteiger partial charge on any atom is 0.232 e. The average molecular weight is 389 g/mol. The second-order valence-electron chi connectivity index (χ2n) is 6.94. The van der Waals surface area contributed by atoms with Crippen molar-refractivity contribution >= 4 is 17.6 Å². The van der Waals surface area contributed by atoms with Crippen LogP contribution in [0.5, 0.6) is 11.6 Å². The van der Waals surface area contributed by atoms with Crippen LogP contribution < -0.4 is 20.1 Å². The highest BCUT2D eigenvalue weighted by atomic mass is 35.5. The maximum atomic E-state index is 6.08. The highest BCUT2D eigenvalue weighted by molar-refractivity contribution is 6.31. The summed E-state index contributed by atoms with van der Waals surface area (Å²) in [6.07, 6.45) is 2.49. The largest absolute Gasteiger partial charge is 0.487 e. The van der Waals surface area contributed by atoms with Crippen LogP contribution in [0.3, 0.4) is 0 Å². The molecule has 0 fully saturated rings. The van der Waals surface area contributed by atoms with E-state index >= 15 is 0 Å². The Balaban J connectivity index is 1.57. The highest BCUT2D eigenvalue weighted by Gasteiger charge is 2.33. The molecule has 2 heterocycles. The molecule has 0 saturated carbocycles. The lowest BCUT2D eigenvalue weighted by Crippen LogP contribution is -2.46. The molecule has 1 aliphatic rings. The van der Waals surface area contributed by atoms with E-state index in [2.05, 4.69) is 40.5 Å². The summed E-state index contributed by atoms with van der Waals surface area (Å²) in [4.78, 5) is 8.43. The van der Waals surface area contributed by atoms with Crippen LogP contribution in [0.1, 0.15) is 31.9 Å². The molecule has 7 heteroatoms. The van der Waals surface area contributed by atoms with Crippen molar-refractivity contribution in [1.29, 1.82) is 0 Å². The van der Waals surface area contributed by atoms with Gasteiger partial charge in [-0.1, -0.05) is 29.8 Å². The Hall–Kier alpha value is -2.47. The van der Waals surface area contributed by atoms with Crippen molar-refractivity contribution in [2.75, 3.05) is 20.2 Å². The van der Waals surface area contributed by atoms with Crippen molar-refractivity contribution in [2.24, 2.45) is 4.99 Å². The van der Waals surface area contributed by atoms with E-state index in [0.717, 1.165) is 17.7 Å². The monoisotopic (exact) mass is 388 g/mol. The number of aliphatic imine (C=N–C) groups is 1. The van der Waals surface area contributed by atoms with Gasteiger partial charge >= 0.3 is 0 Å². The van der Waals surface area contributed by atoms with Gasteiger partial charge in [-0.15, -0.1) is 0 Å². The molecule has 0 bridgehead atoms. The van der Waals surface area contributed by atoms with Gasteiger partial charge in [0.1, 0.15) is 23.0 Å². The molecule has 0 saturated heterocycles. The Morgan fingerprint density at radius 2 is 2.15 bits per heavy atom. The third-order valence-electron chi connectivity index (χ3n) is 4.27. The fraction of sp³-hybridized carbons (Fsp3) is 0.400. The third-order valence-corrected chi connectivity index (χ3v) is 4.56. The predicted molar refractivity (Wildman–Crippen MR) is 108 cm³/mol. The molecule has 0 aliphatic carbocycles. The molecule has 2 N–H and O–H groups in total. The Bertz CT molecular complexity index is 810. The smallest absolute Gasteiger partial charge is 0.232 e. The van der Waals surface area contributed by atoms with Crippen molar-refractivity contribution in [3.63, 3.8) is 0 Å². The van der Waals surface area contributed by atoms with Crippen molar-refractivity contribution in [3.05, 3.63) is 53.2 Å². The van der Waals surface area contributed by atoms with Crippen LogP contribution in [0.15, 0.2) is 47.6 Å². The molecule has 3 rings (SSSR count). The van der Waals surface area contributed by atoms with Crippen LogP contribution in [-0.2, 0) is 0 Å². The van der Waals surface area contributed by atoms with Crippen LogP contribution in [0.2, 0.25) is 5.02 Å². The third kappa shape index (κ3) is 5.04. The zero-order chi connectivity index (χ0) is 19.3. The molecule has 1 aromatic carbocycles. The summed E-state index contributed by atoms with van der Waals surface area (Å²) in [5, 5.41) is 7.26. The lowest BCUT2D eigenvalue weighted by atomic mass is 9.90. The molecule has 6 nitrogen and oxygen atoms in total. The normalized spacial score (nSPS) is 18.2. The van der Waals surface area contributed by atoms with Gasteiger partial charge in [-0.3, -0.25) is 4.99 Å². The predicted octanol–water partition coefficient (Wildman–Crippen LogP) is 3.58. The van der Waals surface area contributed by atoms with Gasteiger partial charge in [-0.05, 0) is 32.0 Å². The molecule has 1 atom stereocenters. The van der Waals surface area contributed by atoms with E-state index in [4.69, 9.17) is 21.1 Å². The summed E-state index contributed by atoms with van der Waals surface area (Å²) in [6, 6.07) is 11.7. The molecule has 0 amide bonds. The van der Waals surface area contributed by atoms with E-state index in [0.29, 0.717) is 30.0 Å². The quantitative estimate of drug-likeness (QED) is 0.465. The zero-order valence-corrected chi connectivity index (χ0v) is 16.6. The fourth-order valence-corrected chi connectivity index (χ4v) is 3.26. The minimum Gasteiger partial charge on any atom is -0.487 e.